The van der Waals surface area contributed by atoms with Gasteiger partial charge in [-0.2, -0.15) is 0 Å². The Bertz CT molecular complexity index is 879. The van der Waals surface area contributed by atoms with Crippen molar-refractivity contribution in [2.45, 2.75) is 37.6 Å². The highest BCUT2D eigenvalue weighted by molar-refractivity contribution is 6.42. The summed E-state index contributed by atoms with van der Waals surface area (Å²) in [7, 11) is 0. The van der Waals surface area contributed by atoms with Crippen LogP contribution >= 0.6 is 23.2 Å². The standard InChI is InChI=1S/C23H26Cl2N2O/c1-16-14-26-23(15-27-10-4-5-11-27,19-7-3-2-6-18(16)19)22(28)13-17-8-9-20(24)21(25)12-17/h2-3,6-9,12,16,26H,4-5,10-11,13-15H2,1H3. The number of nitrogens with zero attached hydrogens (tertiary/aromatic N) is 1. The van der Waals surface area contributed by atoms with Gasteiger partial charge in [0.05, 0.1) is 10.0 Å². The first-order valence-electron chi connectivity index (χ1n) is 10.0. The molecular formula is C23H26Cl2N2O. The lowest BCUT2D eigenvalue weighted by Crippen LogP contribution is -2.59. The Hall–Kier alpha value is -1.39. The zero-order chi connectivity index (χ0) is 19.7. The van der Waals surface area contributed by atoms with Gasteiger partial charge >= 0.3 is 0 Å². The molecule has 0 radical (unpaired) electrons. The van der Waals surface area contributed by atoms with E-state index >= 15 is 0 Å². The largest absolute Gasteiger partial charge is 0.301 e. The van der Waals surface area contributed by atoms with Crippen molar-refractivity contribution in [1.82, 2.24) is 10.2 Å². The summed E-state index contributed by atoms with van der Waals surface area (Å²) in [6.07, 6.45) is 2.74. The number of hydrogen-bond acceptors (Lipinski definition) is 3. The van der Waals surface area contributed by atoms with Crippen molar-refractivity contribution in [1.29, 1.82) is 0 Å². The maximum Gasteiger partial charge on any atom is 0.163 e. The lowest BCUT2D eigenvalue weighted by molar-refractivity contribution is -0.126. The Morgan fingerprint density at radius 1 is 1.14 bits per heavy atom. The van der Waals surface area contributed by atoms with Crippen LogP contribution in [0.5, 0.6) is 0 Å². The molecule has 1 saturated heterocycles. The van der Waals surface area contributed by atoms with Crippen molar-refractivity contribution in [3.63, 3.8) is 0 Å². The number of nitrogens with one attached hydrogen (secondary N) is 1. The molecule has 0 aliphatic carbocycles. The first kappa shape index (κ1) is 19.9. The predicted octanol–water partition coefficient (Wildman–Crippen LogP) is 4.80. The van der Waals surface area contributed by atoms with E-state index in [2.05, 4.69) is 35.3 Å². The fourth-order valence-electron chi connectivity index (χ4n) is 4.59. The topological polar surface area (TPSA) is 32.3 Å². The quantitative estimate of drug-likeness (QED) is 0.759. The molecule has 3 nitrogen and oxygen atoms in total. The Morgan fingerprint density at radius 2 is 1.89 bits per heavy atom. The summed E-state index contributed by atoms with van der Waals surface area (Å²) in [5, 5.41) is 4.67. The van der Waals surface area contributed by atoms with Crippen LogP contribution in [-0.2, 0) is 16.8 Å². The van der Waals surface area contributed by atoms with E-state index in [4.69, 9.17) is 23.2 Å². The highest BCUT2D eigenvalue weighted by Crippen LogP contribution is 2.37. The van der Waals surface area contributed by atoms with Crippen LogP contribution in [0.4, 0.5) is 0 Å². The molecule has 2 aliphatic heterocycles. The number of carbonyl (C=O) groups is 1. The SMILES string of the molecule is CC1CNC(CN2CCCC2)(C(=O)Cc2ccc(Cl)c(Cl)c2)c2ccccc21. The van der Waals surface area contributed by atoms with Crippen molar-refractivity contribution >= 4 is 29.0 Å². The molecule has 2 unspecified atom stereocenters. The van der Waals surface area contributed by atoms with Gasteiger partial charge in [0.15, 0.2) is 5.78 Å². The molecule has 1 N–H and O–H groups in total. The van der Waals surface area contributed by atoms with Gasteiger partial charge in [0.25, 0.3) is 0 Å². The van der Waals surface area contributed by atoms with Gasteiger partial charge in [0.1, 0.15) is 5.54 Å². The van der Waals surface area contributed by atoms with E-state index < -0.39 is 5.54 Å². The molecular weight excluding hydrogens is 391 g/mol. The number of rotatable bonds is 5. The predicted molar refractivity (Wildman–Crippen MR) is 115 cm³/mol. The van der Waals surface area contributed by atoms with E-state index in [1.807, 2.05) is 18.2 Å². The molecule has 0 saturated carbocycles. The van der Waals surface area contributed by atoms with Crippen LogP contribution in [0.1, 0.15) is 42.4 Å². The average molecular weight is 417 g/mol. The molecule has 4 rings (SSSR count). The molecule has 2 aromatic carbocycles. The van der Waals surface area contributed by atoms with E-state index in [0.29, 0.717) is 22.4 Å². The van der Waals surface area contributed by atoms with Gasteiger partial charge in [-0.1, -0.05) is 60.5 Å². The van der Waals surface area contributed by atoms with E-state index in [1.54, 1.807) is 6.07 Å². The molecule has 2 aromatic rings. The molecule has 28 heavy (non-hydrogen) atoms. The number of ketones is 1. The van der Waals surface area contributed by atoms with Crippen molar-refractivity contribution < 1.29 is 4.79 Å². The fraction of sp³-hybridized carbons (Fsp3) is 0.435. The van der Waals surface area contributed by atoms with Gasteiger partial charge in [0.2, 0.25) is 0 Å². The minimum absolute atomic E-state index is 0.192. The summed E-state index contributed by atoms with van der Waals surface area (Å²) >= 11 is 12.2. The third kappa shape index (κ3) is 3.73. The summed E-state index contributed by atoms with van der Waals surface area (Å²) in [6, 6.07) is 13.9. The minimum Gasteiger partial charge on any atom is -0.301 e. The molecule has 0 amide bonds. The Labute approximate surface area is 177 Å². The van der Waals surface area contributed by atoms with Crippen LogP contribution < -0.4 is 5.32 Å². The lowest BCUT2D eigenvalue weighted by Gasteiger charge is -2.43. The number of likely N-dealkylation sites (tertiary alicyclic amines) is 1. The van der Waals surface area contributed by atoms with Crippen LogP contribution in [0.15, 0.2) is 42.5 Å². The molecule has 0 bridgehead atoms. The van der Waals surface area contributed by atoms with E-state index in [0.717, 1.165) is 37.3 Å². The van der Waals surface area contributed by atoms with Crippen LogP contribution in [0.2, 0.25) is 10.0 Å². The van der Waals surface area contributed by atoms with Gasteiger partial charge in [0, 0.05) is 19.5 Å². The Kier molecular flexibility index (Phi) is 5.80. The van der Waals surface area contributed by atoms with Crippen molar-refractivity contribution in [2.75, 3.05) is 26.2 Å². The second kappa shape index (κ2) is 8.16. The van der Waals surface area contributed by atoms with Crippen molar-refractivity contribution in [3.8, 4) is 0 Å². The first-order valence-corrected chi connectivity index (χ1v) is 10.8. The number of fused-ring (bicyclic) bond motifs is 1. The summed E-state index contributed by atoms with van der Waals surface area (Å²) in [6.45, 7) is 5.85. The van der Waals surface area contributed by atoms with E-state index in [-0.39, 0.29) is 5.78 Å². The van der Waals surface area contributed by atoms with Gasteiger partial charge < -0.3 is 4.90 Å². The molecule has 2 aliphatic rings. The van der Waals surface area contributed by atoms with Crippen molar-refractivity contribution in [3.05, 3.63) is 69.2 Å². The van der Waals surface area contributed by atoms with Gasteiger partial charge in [-0.05, 0) is 60.7 Å². The third-order valence-electron chi connectivity index (χ3n) is 6.15. The Balaban J connectivity index is 1.72. The normalized spacial score (nSPS) is 24.9. The average Bonchev–Trinajstić information content (AvgIpc) is 3.20. The fourth-order valence-corrected chi connectivity index (χ4v) is 4.91. The summed E-state index contributed by atoms with van der Waals surface area (Å²) in [5.41, 5.74) is 2.63. The highest BCUT2D eigenvalue weighted by atomic mass is 35.5. The maximum atomic E-state index is 13.8. The summed E-state index contributed by atoms with van der Waals surface area (Å²) < 4.78 is 0. The van der Waals surface area contributed by atoms with Crippen LogP contribution in [-0.4, -0.2) is 36.9 Å². The minimum atomic E-state index is -0.681. The second-order valence-corrected chi connectivity index (χ2v) is 8.92. The molecule has 2 atom stereocenters. The Morgan fingerprint density at radius 3 is 2.64 bits per heavy atom. The van der Waals surface area contributed by atoms with Gasteiger partial charge in [-0.15, -0.1) is 0 Å². The molecule has 2 heterocycles. The number of halogens is 2. The second-order valence-electron chi connectivity index (χ2n) is 8.11. The van der Waals surface area contributed by atoms with Crippen LogP contribution in [0.25, 0.3) is 0 Å². The van der Waals surface area contributed by atoms with Gasteiger partial charge in [-0.3, -0.25) is 10.1 Å². The van der Waals surface area contributed by atoms with Crippen LogP contribution in [0.3, 0.4) is 0 Å². The van der Waals surface area contributed by atoms with E-state index in [9.17, 15) is 4.79 Å². The molecule has 0 aromatic heterocycles. The molecule has 148 valence electrons. The molecule has 5 heteroatoms. The lowest BCUT2D eigenvalue weighted by atomic mass is 9.74. The van der Waals surface area contributed by atoms with Crippen molar-refractivity contribution in [2.24, 2.45) is 0 Å². The summed E-state index contributed by atoms with van der Waals surface area (Å²) in [5.74, 6) is 0.581. The van der Waals surface area contributed by atoms with Crippen LogP contribution in [0, 0.1) is 0 Å². The number of carbonyl (C=O) groups excluding carboxylic acids is 1. The number of Topliss-reactive ketones (excluding diaryl/α,β-unsaturated/α-hetero) is 1. The molecule has 0 spiro atoms. The smallest absolute Gasteiger partial charge is 0.163 e. The summed E-state index contributed by atoms with van der Waals surface area (Å²) in [4.78, 5) is 16.2. The third-order valence-corrected chi connectivity index (χ3v) is 6.88. The monoisotopic (exact) mass is 416 g/mol. The van der Waals surface area contributed by atoms with E-state index in [1.165, 1.54) is 18.4 Å². The first-order chi connectivity index (χ1) is 13.5. The van der Waals surface area contributed by atoms with Gasteiger partial charge in [-0.25, -0.2) is 0 Å². The zero-order valence-corrected chi connectivity index (χ0v) is 17.7. The molecule has 1 fully saturated rings. The number of hydrogen-bond donors (Lipinski definition) is 1. The highest BCUT2D eigenvalue weighted by Gasteiger charge is 2.45. The number of benzene rings is 2. The maximum absolute atomic E-state index is 13.8. The zero-order valence-electron chi connectivity index (χ0n) is 16.2.